The highest BCUT2D eigenvalue weighted by Crippen LogP contribution is 2.11. The lowest BCUT2D eigenvalue weighted by Gasteiger charge is -2.09. The number of rotatable bonds is 6. The van der Waals surface area contributed by atoms with Gasteiger partial charge in [-0.05, 0) is 48.2 Å². The van der Waals surface area contributed by atoms with E-state index in [4.69, 9.17) is 0 Å². The monoisotopic (exact) mass is 282 g/mol. The molecule has 0 fully saturated rings. The summed E-state index contributed by atoms with van der Waals surface area (Å²) < 4.78 is 0. The van der Waals surface area contributed by atoms with Gasteiger partial charge in [-0.2, -0.15) is 0 Å². The van der Waals surface area contributed by atoms with Crippen LogP contribution in [0.1, 0.15) is 25.0 Å². The van der Waals surface area contributed by atoms with Gasteiger partial charge < -0.3 is 10.6 Å². The van der Waals surface area contributed by atoms with Crippen LogP contribution in [0.2, 0.25) is 0 Å². The Morgan fingerprint density at radius 1 is 0.810 bits per heavy atom. The Kier molecular flexibility index (Phi) is 5.38. The number of carbonyl (C=O) groups is 1. The van der Waals surface area contributed by atoms with Gasteiger partial charge in [-0.3, -0.25) is 4.79 Å². The van der Waals surface area contributed by atoms with Crippen LogP contribution in [-0.2, 0) is 17.6 Å². The zero-order chi connectivity index (χ0) is 15.1. The minimum absolute atomic E-state index is 0.0428. The summed E-state index contributed by atoms with van der Waals surface area (Å²) in [5.41, 5.74) is 4.35. The Morgan fingerprint density at radius 3 is 1.76 bits per heavy atom. The van der Waals surface area contributed by atoms with Gasteiger partial charge >= 0.3 is 0 Å². The second-order valence-corrected chi connectivity index (χ2v) is 5.00. The van der Waals surface area contributed by atoms with Crippen molar-refractivity contribution in [2.75, 3.05) is 17.2 Å². The average Bonchev–Trinajstić information content (AvgIpc) is 2.54. The summed E-state index contributed by atoms with van der Waals surface area (Å²) in [7, 11) is 0. The van der Waals surface area contributed by atoms with Crippen molar-refractivity contribution in [3.8, 4) is 0 Å². The van der Waals surface area contributed by atoms with Gasteiger partial charge in [0.25, 0.3) is 0 Å². The Hall–Kier alpha value is -2.29. The molecular formula is C18H22N2O. The molecule has 0 aliphatic carbocycles. The fraction of sp³-hybridized carbons (Fsp3) is 0.278. The van der Waals surface area contributed by atoms with Crippen LogP contribution in [0.3, 0.4) is 0 Å². The molecular weight excluding hydrogens is 260 g/mol. The third kappa shape index (κ3) is 4.63. The summed E-state index contributed by atoms with van der Waals surface area (Å²) in [6.45, 7) is 4.50. The molecule has 0 radical (unpaired) electrons. The quantitative estimate of drug-likeness (QED) is 0.844. The molecule has 2 aromatic carbocycles. The highest BCUT2D eigenvalue weighted by molar-refractivity contribution is 5.93. The molecule has 0 saturated carbocycles. The van der Waals surface area contributed by atoms with Gasteiger partial charge in [0.1, 0.15) is 0 Å². The summed E-state index contributed by atoms with van der Waals surface area (Å²) in [4.78, 5) is 11.9. The van der Waals surface area contributed by atoms with Crippen LogP contribution in [0.15, 0.2) is 48.5 Å². The zero-order valence-corrected chi connectivity index (χ0v) is 12.6. The second kappa shape index (κ2) is 7.48. The molecule has 0 aliphatic heterocycles. The van der Waals surface area contributed by atoms with Crippen LogP contribution in [0.4, 0.5) is 11.4 Å². The van der Waals surface area contributed by atoms with Crippen LogP contribution in [-0.4, -0.2) is 12.5 Å². The standard InChI is InChI=1S/C18H22N2O/c1-3-14-5-9-16(10-6-14)19-13-18(21)20-17-11-7-15(4-2)8-12-17/h5-12,19H,3-4,13H2,1-2H3,(H,20,21). The smallest absolute Gasteiger partial charge is 0.243 e. The third-order valence-electron chi connectivity index (χ3n) is 3.46. The van der Waals surface area contributed by atoms with E-state index < -0.39 is 0 Å². The number of carbonyl (C=O) groups excluding carboxylic acids is 1. The van der Waals surface area contributed by atoms with E-state index in [0.717, 1.165) is 24.2 Å². The highest BCUT2D eigenvalue weighted by Gasteiger charge is 2.02. The first kappa shape index (κ1) is 15.1. The van der Waals surface area contributed by atoms with Crippen molar-refractivity contribution in [3.63, 3.8) is 0 Å². The van der Waals surface area contributed by atoms with Crippen molar-refractivity contribution in [3.05, 3.63) is 59.7 Å². The van der Waals surface area contributed by atoms with Gasteiger partial charge in [0.2, 0.25) is 5.91 Å². The van der Waals surface area contributed by atoms with Crippen LogP contribution in [0.25, 0.3) is 0 Å². The Bertz CT molecular complexity index is 573. The Balaban J connectivity index is 1.83. The van der Waals surface area contributed by atoms with Crippen LogP contribution in [0, 0.1) is 0 Å². The van der Waals surface area contributed by atoms with Gasteiger partial charge in [0.15, 0.2) is 0 Å². The van der Waals surface area contributed by atoms with E-state index in [0.29, 0.717) is 0 Å². The maximum atomic E-state index is 11.9. The van der Waals surface area contributed by atoms with Gasteiger partial charge in [0, 0.05) is 11.4 Å². The molecule has 3 nitrogen and oxygen atoms in total. The van der Waals surface area contributed by atoms with Crippen molar-refractivity contribution in [1.82, 2.24) is 0 Å². The third-order valence-corrected chi connectivity index (χ3v) is 3.46. The predicted molar refractivity (Wildman–Crippen MR) is 88.8 cm³/mol. The number of hydrogen-bond donors (Lipinski definition) is 2. The summed E-state index contributed by atoms with van der Waals surface area (Å²) >= 11 is 0. The van der Waals surface area contributed by atoms with Crippen molar-refractivity contribution in [2.24, 2.45) is 0 Å². The molecule has 0 atom stereocenters. The van der Waals surface area contributed by atoms with Gasteiger partial charge in [-0.25, -0.2) is 0 Å². The molecule has 3 heteroatoms. The average molecular weight is 282 g/mol. The number of aryl methyl sites for hydroxylation is 2. The lowest BCUT2D eigenvalue weighted by Crippen LogP contribution is -2.21. The maximum Gasteiger partial charge on any atom is 0.243 e. The predicted octanol–water partition coefficient (Wildman–Crippen LogP) is 3.86. The zero-order valence-electron chi connectivity index (χ0n) is 12.6. The van der Waals surface area contributed by atoms with Gasteiger partial charge in [-0.15, -0.1) is 0 Å². The van der Waals surface area contributed by atoms with E-state index in [1.807, 2.05) is 36.4 Å². The second-order valence-electron chi connectivity index (χ2n) is 5.00. The van der Waals surface area contributed by atoms with Crippen LogP contribution in [0.5, 0.6) is 0 Å². The van der Waals surface area contributed by atoms with Gasteiger partial charge in [-0.1, -0.05) is 38.1 Å². The first-order chi connectivity index (χ1) is 10.2. The number of benzene rings is 2. The Labute approximate surface area is 126 Å². The molecule has 0 spiro atoms. The van der Waals surface area contributed by atoms with E-state index in [1.54, 1.807) is 0 Å². The number of nitrogens with one attached hydrogen (secondary N) is 2. The van der Waals surface area contributed by atoms with E-state index in [-0.39, 0.29) is 12.5 Å². The fourth-order valence-corrected chi connectivity index (χ4v) is 2.07. The Morgan fingerprint density at radius 2 is 1.29 bits per heavy atom. The molecule has 0 unspecified atom stereocenters. The lowest BCUT2D eigenvalue weighted by molar-refractivity contribution is -0.114. The number of anilines is 2. The molecule has 0 saturated heterocycles. The summed E-state index contributed by atoms with van der Waals surface area (Å²) in [5, 5.41) is 6.01. The molecule has 21 heavy (non-hydrogen) atoms. The van der Waals surface area contributed by atoms with Crippen molar-refractivity contribution < 1.29 is 4.79 Å². The maximum absolute atomic E-state index is 11.9. The molecule has 2 aromatic rings. The summed E-state index contributed by atoms with van der Waals surface area (Å²) in [6.07, 6.45) is 2.03. The normalized spacial score (nSPS) is 10.2. The van der Waals surface area contributed by atoms with Crippen molar-refractivity contribution in [2.45, 2.75) is 26.7 Å². The molecule has 0 bridgehead atoms. The molecule has 2 N–H and O–H groups in total. The highest BCUT2D eigenvalue weighted by atomic mass is 16.1. The first-order valence-corrected chi connectivity index (χ1v) is 7.43. The molecule has 0 heterocycles. The first-order valence-electron chi connectivity index (χ1n) is 7.43. The van der Waals surface area contributed by atoms with Crippen LogP contribution >= 0.6 is 0 Å². The molecule has 110 valence electrons. The minimum Gasteiger partial charge on any atom is -0.376 e. The van der Waals surface area contributed by atoms with E-state index >= 15 is 0 Å². The minimum atomic E-state index is -0.0428. The SMILES string of the molecule is CCc1ccc(NCC(=O)Nc2ccc(CC)cc2)cc1. The van der Waals surface area contributed by atoms with E-state index in [9.17, 15) is 4.79 Å². The molecule has 0 aliphatic rings. The molecule has 0 aromatic heterocycles. The largest absolute Gasteiger partial charge is 0.376 e. The van der Waals surface area contributed by atoms with Gasteiger partial charge in [0.05, 0.1) is 6.54 Å². The lowest BCUT2D eigenvalue weighted by atomic mass is 10.1. The molecule has 2 rings (SSSR count). The van der Waals surface area contributed by atoms with E-state index in [1.165, 1.54) is 11.1 Å². The summed E-state index contributed by atoms with van der Waals surface area (Å²) in [6, 6.07) is 16.1. The van der Waals surface area contributed by atoms with Crippen molar-refractivity contribution in [1.29, 1.82) is 0 Å². The summed E-state index contributed by atoms with van der Waals surface area (Å²) in [5.74, 6) is -0.0428. The fourth-order valence-electron chi connectivity index (χ4n) is 2.07. The van der Waals surface area contributed by atoms with Crippen molar-refractivity contribution >= 4 is 17.3 Å². The topological polar surface area (TPSA) is 41.1 Å². The number of hydrogen-bond acceptors (Lipinski definition) is 2. The number of amides is 1. The van der Waals surface area contributed by atoms with E-state index in [2.05, 4.69) is 36.6 Å². The molecule has 1 amide bonds. The van der Waals surface area contributed by atoms with Crippen LogP contribution < -0.4 is 10.6 Å².